The lowest BCUT2D eigenvalue weighted by Crippen LogP contribution is -2.22. The minimum absolute atomic E-state index is 0.0267. The van der Waals surface area contributed by atoms with Crippen molar-refractivity contribution in [3.63, 3.8) is 0 Å². The molecule has 0 bridgehead atoms. The molecule has 28 heavy (non-hydrogen) atoms. The van der Waals surface area contributed by atoms with Crippen LogP contribution in [0.5, 0.6) is 17.2 Å². The van der Waals surface area contributed by atoms with Crippen molar-refractivity contribution in [2.45, 2.75) is 26.4 Å². The molecule has 1 aliphatic rings. The fourth-order valence-corrected chi connectivity index (χ4v) is 3.78. The smallest absolute Gasteiger partial charge is 0.336 e. The molecule has 0 N–H and O–H groups in total. The molecule has 2 heterocycles. The van der Waals surface area contributed by atoms with Gasteiger partial charge in [0.05, 0.1) is 31.6 Å². The van der Waals surface area contributed by atoms with Crippen LogP contribution in [-0.2, 0) is 0 Å². The van der Waals surface area contributed by atoms with Gasteiger partial charge in [0.25, 0.3) is 0 Å². The van der Waals surface area contributed by atoms with E-state index in [1.807, 2.05) is 13.0 Å². The SMILES string of the molecule is COc1ccc(OC)c(C2CC(=O)c3c(C)cc4oc(=O)cc(C)c4c3O2)c1. The number of hydrogen-bond acceptors (Lipinski definition) is 6. The van der Waals surface area contributed by atoms with Gasteiger partial charge in [-0.15, -0.1) is 0 Å². The average Bonchev–Trinajstić information content (AvgIpc) is 2.66. The first-order valence-corrected chi connectivity index (χ1v) is 8.92. The van der Waals surface area contributed by atoms with Crippen molar-refractivity contribution in [1.29, 1.82) is 0 Å². The highest BCUT2D eigenvalue weighted by Crippen LogP contribution is 2.44. The van der Waals surface area contributed by atoms with Crippen LogP contribution in [0.25, 0.3) is 11.0 Å². The van der Waals surface area contributed by atoms with Crippen molar-refractivity contribution in [1.82, 2.24) is 0 Å². The highest BCUT2D eigenvalue weighted by atomic mass is 16.5. The third kappa shape index (κ3) is 2.81. The molecule has 1 aliphatic heterocycles. The Morgan fingerprint density at radius 3 is 2.50 bits per heavy atom. The Hall–Kier alpha value is -3.28. The van der Waals surface area contributed by atoms with E-state index in [2.05, 4.69) is 0 Å². The lowest BCUT2D eigenvalue weighted by atomic mass is 9.90. The van der Waals surface area contributed by atoms with Gasteiger partial charge in [-0.05, 0) is 49.2 Å². The molecule has 0 radical (unpaired) electrons. The minimum Gasteiger partial charge on any atom is -0.497 e. The zero-order valence-electron chi connectivity index (χ0n) is 16.1. The van der Waals surface area contributed by atoms with Gasteiger partial charge in [-0.25, -0.2) is 4.79 Å². The zero-order chi connectivity index (χ0) is 20.0. The highest BCUT2D eigenvalue weighted by Gasteiger charge is 2.33. The van der Waals surface area contributed by atoms with E-state index in [9.17, 15) is 9.59 Å². The number of Topliss-reactive ketones (excluding diaryl/α,β-unsaturated/α-hetero) is 1. The third-order valence-electron chi connectivity index (χ3n) is 5.08. The van der Waals surface area contributed by atoms with Gasteiger partial charge in [-0.2, -0.15) is 0 Å². The molecule has 0 saturated heterocycles. The second-order valence-corrected chi connectivity index (χ2v) is 6.86. The molecular weight excluding hydrogens is 360 g/mol. The summed E-state index contributed by atoms with van der Waals surface area (Å²) < 4.78 is 22.5. The largest absolute Gasteiger partial charge is 0.497 e. The van der Waals surface area contributed by atoms with Crippen LogP contribution in [0.1, 0.15) is 39.6 Å². The number of rotatable bonds is 3. The summed E-state index contributed by atoms with van der Waals surface area (Å²) in [5.41, 5.74) is 2.66. The topological polar surface area (TPSA) is 75.0 Å². The van der Waals surface area contributed by atoms with E-state index in [-0.39, 0.29) is 12.2 Å². The molecule has 3 aromatic rings. The molecule has 1 aromatic heterocycles. The molecule has 6 nitrogen and oxygen atoms in total. The normalized spacial score (nSPS) is 15.9. The number of fused-ring (bicyclic) bond motifs is 3. The zero-order valence-corrected chi connectivity index (χ0v) is 16.1. The van der Waals surface area contributed by atoms with Crippen LogP contribution in [0.15, 0.2) is 39.5 Å². The summed E-state index contributed by atoms with van der Waals surface area (Å²) in [6, 6.07) is 8.51. The van der Waals surface area contributed by atoms with Gasteiger partial charge in [0.2, 0.25) is 0 Å². The van der Waals surface area contributed by atoms with Gasteiger partial charge < -0.3 is 18.6 Å². The maximum absolute atomic E-state index is 13.0. The van der Waals surface area contributed by atoms with Crippen molar-refractivity contribution in [3.05, 3.63) is 63.0 Å². The standard InChI is InChI=1S/C22H20O6/c1-11-7-18-21(12(2)8-19(24)27-18)22-20(11)15(23)10-17(28-22)14-9-13(25-3)5-6-16(14)26-4/h5-9,17H,10H2,1-4H3. The van der Waals surface area contributed by atoms with E-state index in [1.54, 1.807) is 39.3 Å². The van der Waals surface area contributed by atoms with Crippen LogP contribution in [0, 0.1) is 13.8 Å². The molecule has 0 amide bonds. The number of methoxy groups -OCH3 is 2. The van der Waals surface area contributed by atoms with Crippen molar-refractivity contribution in [2.75, 3.05) is 14.2 Å². The number of ether oxygens (including phenoxy) is 3. The van der Waals surface area contributed by atoms with Crippen LogP contribution < -0.4 is 19.8 Å². The van der Waals surface area contributed by atoms with Crippen LogP contribution in [-0.4, -0.2) is 20.0 Å². The fraction of sp³-hybridized carbons (Fsp3) is 0.273. The molecule has 1 atom stereocenters. The summed E-state index contributed by atoms with van der Waals surface area (Å²) in [4.78, 5) is 24.8. The summed E-state index contributed by atoms with van der Waals surface area (Å²) in [6.45, 7) is 3.62. The van der Waals surface area contributed by atoms with Crippen molar-refractivity contribution < 1.29 is 23.4 Å². The first kappa shape index (κ1) is 18.1. The summed E-state index contributed by atoms with van der Waals surface area (Å²) in [5.74, 6) is 1.68. The van der Waals surface area contributed by atoms with Crippen LogP contribution >= 0.6 is 0 Å². The summed E-state index contributed by atoms with van der Waals surface area (Å²) in [7, 11) is 3.15. The van der Waals surface area contributed by atoms with E-state index >= 15 is 0 Å². The number of aryl methyl sites for hydroxylation is 2. The van der Waals surface area contributed by atoms with Gasteiger partial charge in [-0.3, -0.25) is 4.79 Å². The van der Waals surface area contributed by atoms with E-state index in [1.165, 1.54) is 6.07 Å². The maximum atomic E-state index is 13.0. The summed E-state index contributed by atoms with van der Waals surface area (Å²) >= 11 is 0. The van der Waals surface area contributed by atoms with E-state index in [0.29, 0.717) is 39.3 Å². The predicted octanol–water partition coefficient (Wildman–Crippen LogP) is 4.13. The van der Waals surface area contributed by atoms with Crippen molar-refractivity contribution >= 4 is 16.8 Å². The molecule has 0 aliphatic carbocycles. The average molecular weight is 380 g/mol. The number of ketones is 1. The first-order chi connectivity index (χ1) is 13.4. The van der Waals surface area contributed by atoms with Gasteiger partial charge in [0.1, 0.15) is 28.9 Å². The minimum atomic E-state index is -0.540. The summed E-state index contributed by atoms with van der Waals surface area (Å²) in [5, 5.41) is 0.639. The van der Waals surface area contributed by atoms with Crippen molar-refractivity contribution in [2.24, 2.45) is 0 Å². The second kappa shape index (κ2) is 6.71. The number of hydrogen-bond donors (Lipinski definition) is 0. The molecule has 0 spiro atoms. The Morgan fingerprint density at radius 1 is 1.00 bits per heavy atom. The molecule has 6 heteroatoms. The quantitative estimate of drug-likeness (QED) is 0.636. The molecule has 0 fully saturated rings. The van der Waals surface area contributed by atoms with Crippen LogP contribution in [0.2, 0.25) is 0 Å². The lowest BCUT2D eigenvalue weighted by Gasteiger charge is -2.29. The first-order valence-electron chi connectivity index (χ1n) is 8.92. The molecule has 0 saturated carbocycles. The molecule has 4 rings (SSSR count). The molecule has 1 unspecified atom stereocenters. The van der Waals surface area contributed by atoms with Crippen molar-refractivity contribution in [3.8, 4) is 17.2 Å². The Morgan fingerprint density at radius 2 is 1.79 bits per heavy atom. The predicted molar refractivity (Wildman–Crippen MR) is 104 cm³/mol. The Bertz CT molecular complexity index is 1160. The molecular formula is C22H20O6. The Kier molecular flexibility index (Phi) is 4.34. The second-order valence-electron chi connectivity index (χ2n) is 6.86. The lowest BCUT2D eigenvalue weighted by molar-refractivity contribution is 0.0849. The third-order valence-corrected chi connectivity index (χ3v) is 5.08. The number of benzene rings is 2. The fourth-order valence-electron chi connectivity index (χ4n) is 3.78. The van der Waals surface area contributed by atoms with Gasteiger partial charge >= 0.3 is 5.63 Å². The molecule has 2 aromatic carbocycles. The summed E-state index contributed by atoms with van der Waals surface area (Å²) in [6.07, 6.45) is -0.361. The van der Waals surface area contributed by atoms with Crippen LogP contribution in [0.3, 0.4) is 0 Å². The number of carbonyl (C=O) groups excluding carboxylic acids is 1. The van der Waals surface area contributed by atoms with Gasteiger partial charge in [0.15, 0.2) is 5.78 Å². The van der Waals surface area contributed by atoms with Gasteiger partial charge in [-0.1, -0.05) is 0 Å². The molecule has 144 valence electrons. The monoisotopic (exact) mass is 380 g/mol. The highest BCUT2D eigenvalue weighted by molar-refractivity contribution is 6.07. The Labute approximate surface area is 161 Å². The maximum Gasteiger partial charge on any atom is 0.336 e. The van der Waals surface area contributed by atoms with E-state index < -0.39 is 11.7 Å². The van der Waals surface area contributed by atoms with E-state index in [0.717, 1.165) is 11.1 Å². The van der Waals surface area contributed by atoms with E-state index in [4.69, 9.17) is 18.6 Å². The van der Waals surface area contributed by atoms with Crippen LogP contribution in [0.4, 0.5) is 0 Å². The number of carbonyl (C=O) groups is 1. The van der Waals surface area contributed by atoms with Gasteiger partial charge in [0, 0.05) is 11.6 Å². The Balaban J connectivity index is 1.93.